The van der Waals surface area contributed by atoms with E-state index < -0.39 is 0 Å². The molecule has 1 amide bonds. The van der Waals surface area contributed by atoms with Crippen LogP contribution in [0.5, 0.6) is 5.75 Å². The summed E-state index contributed by atoms with van der Waals surface area (Å²) in [6.45, 7) is 5.41. The highest BCUT2D eigenvalue weighted by Crippen LogP contribution is 2.32. The van der Waals surface area contributed by atoms with E-state index in [4.69, 9.17) is 4.74 Å². The van der Waals surface area contributed by atoms with Gasteiger partial charge in [-0.25, -0.2) is 4.98 Å². The molecule has 11 heteroatoms. The smallest absolute Gasteiger partial charge is 0.251 e. The van der Waals surface area contributed by atoms with Gasteiger partial charge in [0.15, 0.2) is 17.0 Å². The molecule has 1 atom stereocenters. The van der Waals surface area contributed by atoms with Crippen molar-refractivity contribution in [2.45, 2.75) is 26.4 Å². The highest BCUT2D eigenvalue weighted by atomic mass is 16.5. The molecule has 0 saturated heterocycles. The second-order valence-corrected chi connectivity index (χ2v) is 8.51. The number of hydrogen-bond acceptors (Lipinski definition) is 9. The molecule has 11 nitrogen and oxygen atoms in total. The van der Waals surface area contributed by atoms with E-state index in [2.05, 4.69) is 47.7 Å². The van der Waals surface area contributed by atoms with Crippen LogP contribution in [-0.2, 0) is 0 Å². The maximum Gasteiger partial charge on any atom is 0.251 e. The normalized spacial score (nSPS) is 11.7. The van der Waals surface area contributed by atoms with Gasteiger partial charge in [0.05, 0.1) is 25.2 Å². The largest absolute Gasteiger partial charge is 0.494 e. The fraction of sp³-hybridized carbons (Fsp3) is 0.308. The summed E-state index contributed by atoms with van der Waals surface area (Å²) in [4.78, 5) is 30.8. The number of rotatable bonds is 11. The number of methoxy groups -OCH3 is 1. The van der Waals surface area contributed by atoms with Crippen LogP contribution in [0.1, 0.15) is 30.6 Å². The number of carbonyl (C=O) groups is 1. The summed E-state index contributed by atoms with van der Waals surface area (Å²) in [6, 6.07) is 13.0. The number of carbonyl (C=O) groups excluding carboxylic acids is 1. The standard InChI is InChI=1S/C26H32N8O3/c1-5-34(12-11-16(2)35)19-9-10-20(21(14-19)37-4)31-26-32-23-22(28-15-29-23)24(33-26)30-18-8-6-7-17(13-18)25(36)27-3/h6-10,13-16,35H,5,11-12H2,1-4H3,(H,27,36)(H3,28,29,30,31,32,33). The van der Waals surface area contributed by atoms with Gasteiger partial charge in [-0.05, 0) is 50.6 Å². The number of nitrogens with zero attached hydrogens (tertiary/aromatic N) is 4. The van der Waals surface area contributed by atoms with Crippen molar-refractivity contribution < 1.29 is 14.6 Å². The average molecular weight is 505 g/mol. The Morgan fingerprint density at radius 2 is 2.03 bits per heavy atom. The van der Waals surface area contributed by atoms with E-state index >= 15 is 0 Å². The Morgan fingerprint density at radius 3 is 2.76 bits per heavy atom. The van der Waals surface area contributed by atoms with Crippen molar-refractivity contribution in [2.24, 2.45) is 0 Å². The lowest BCUT2D eigenvalue weighted by Gasteiger charge is -2.25. The minimum atomic E-state index is -0.361. The summed E-state index contributed by atoms with van der Waals surface area (Å²) in [7, 11) is 3.20. The molecule has 37 heavy (non-hydrogen) atoms. The first-order valence-corrected chi connectivity index (χ1v) is 12.1. The molecule has 4 rings (SSSR count). The molecule has 5 N–H and O–H groups in total. The molecule has 0 radical (unpaired) electrons. The van der Waals surface area contributed by atoms with Crippen molar-refractivity contribution in [3.05, 3.63) is 54.4 Å². The van der Waals surface area contributed by atoms with E-state index in [0.29, 0.717) is 52.0 Å². The first-order chi connectivity index (χ1) is 17.9. The van der Waals surface area contributed by atoms with Gasteiger partial charge in [-0.2, -0.15) is 9.97 Å². The number of nitrogens with one attached hydrogen (secondary N) is 4. The number of ether oxygens (including phenoxy) is 1. The summed E-state index contributed by atoms with van der Waals surface area (Å²) >= 11 is 0. The second-order valence-electron chi connectivity index (χ2n) is 8.51. The van der Waals surface area contributed by atoms with Crippen molar-refractivity contribution in [1.29, 1.82) is 0 Å². The van der Waals surface area contributed by atoms with E-state index in [1.165, 1.54) is 0 Å². The zero-order valence-electron chi connectivity index (χ0n) is 21.4. The number of aromatic amines is 1. The molecule has 0 saturated carbocycles. The van der Waals surface area contributed by atoms with Crippen LogP contribution in [0.4, 0.5) is 28.8 Å². The van der Waals surface area contributed by atoms with E-state index in [-0.39, 0.29) is 12.0 Å². The minimum Gasteiger partial charge on any atom is -0.494 e. The lowest BCUT2D eigenvalue weighted by atomic mass is 10.2. The molecular weight excluding hydrogens is 472 g/mol. The number of amides is 1. The van der Waals surface area contributed by atoms with E-state index in [1.54, 1.807) is 45.6 Å². The van der Waals surface area contributed by atoms with Gasteiger partial charge in [-0.15, -0.1) is 0 Å². The number of aromatic nitrogens is 4. The zero-order chi connectivity index (χ0) is 26.4. The molecule has 194 valence electrons. The molecule has 4 aromatic rings. The number of aliphatic hydroxyl groups is 1. The Morgan fingerprint density at radius 1 is 1.19 bits per heavy atom. The minimum absolute atomic E-state index is 0.179. The van der Waals surface area contributed by atoms with Gasteiger partial charge in [0.2, 0.25) is 5.95 Å². The number of imidazole rings is 1. The molecule has 0 aliphatic carbocycles. The first-order valence-electron chi connectivity index (χ1n) is 12.1. The number of aliphatic hydroxyl groups excluding tert-OH is 1. The third-order valence-electron chi connectivity index (χ3n) is 5.89. The van der Waals surface area contributed by atoms with Crippen LogP contribution in [0.3, 0.4) is 0 Å². The molecule has 2 aromatic heterocycles. The molecule has 0 spiro atoms. The SMILES string of the molecule is CCN(CCC(C)O)c1ccc(Nc2nc(Nc3cccc(C(=O)NC)c3)c3nc[nH]c3n2)c(OC)c1. The summed E-state index contributed by atoms with van der Waals surface area (Å²) in [5, 5.41) is 18.8. The van der Waals surface area contributed by atoms with E-state index in [1.807, 2.05) is 24.3 Å². The van der Waals surface area contributed by atoms with Gasteiger partial charge >= 0.3 is 0 Å². The Balaban J connectivity index is 1.61. The van der Waals surface area contributed by atoms with Gasteiger partial charge in [0.1, 0.15) is 5.75 Å². The third-order valence-corrected chi connectivity index (χ3v) is 5.89. The summed E-state index contributed by atoms with van der Waals surface area (Å²) in [5.74, 6) is 1.28. The first kappa shape index (κ1) is 25.7. The molecule has 1 unspecified atom stereocenters. The van der Waals surface area contributed by atoms with E-state index in [0.717, 1.165) is 18.8 Å². The molecule has 0 aliphatic rings. The van der Waals surface area contributed by atoms with E-state index in [9.17, 15) is 9.90 Å². The number of anilines is 5. The van der Waals surface area contributed by atoms with Crippen molar-refractivity contribution in [3.63, 3.8) is 0 Å². The quantitative estimate of drug-likeness (QED) is 0.206. The maximum absolute atomic E-state index is 12.0. The topological polar surface area (TPSA) is 140 Å². The zero-order valence-corrected chi connectivity index (χ0v) is 21.4. The molecular formula is C26H32N8O3. The fourth-order valence-corrected chi connectivity index (χ4v) is 3.91. The van der Waals surface area contributed by atoms with Crippen LogP contribution in [0, 0.1) is 0 Å². The maximum atomic E-state index is 12.0. The van der Waals surface area contributed by atoms with Crippen LogP contribution in [0.2, 0.25) is 0 Å². The predicted molar refractivity (Wildman–Crippen MR) is 145 cm³/mol. The van der Waals surface area contributed by atoms with Crippen LogP contribution in [0.25, 0.3) is 11.2 Å². The summed E-state index contributed by atoms with van der Waals surface area (Å²) in [5.41, 5.74) is 4.02. The molecule has 2 aromatic carbocycles. The second kappa shape index (κ2) is 11.6. The highest BCUT2D eigenvalue weighted by Gasteiger charge is 2.15. The van der Waals surface area contributed by atoms with Crippen LogP contribution >= 0.6 is 0 Å². The molecule has 0 fully saturated rings. The Hall–Kier alpha value is -4.38. The summed E-state index contributed by atoms with van der Waals surface area (Å²) in [6.07, 6.45) is 1.87. The van der Waals surface area contributed by atoms with Crippen molar-refractivity contribution in [2.75, 3.05) is 42.8 Å². The van der Waals surface area contributed by atoms with Crippen molar-refractivity contribution in [1.82, 2.24) is 25.3 Å². The van der Waals surface area contributed by atoms with Crippen LogP contribution in [0.15, 0.2) is 48.8 Å². The Labute approximate surface area is 215 Å². The number of benzene rings is 2. The molecule has 0 bridgehead atoms. The molecule has 2 heterocycles. The molecule has 0 aliphatic heterocycles. The van der Waals surface area contributed by atoms with Gasteiger partial charge in [0, 0.05) is 43.1 Å². The van der Waals surface area contributed by atoms with Gasteiger partial charge in [-0.3, -0.25) is 4.79 Å². The van der Waals surface area contributed by atoms with Gasteiger partial charge in [0.25, 0.3) is 5.91 Å². The highest BCUT2D eigenvalue weighted by molar-refractivity contribution is 5.95. The third kappa shape index (κ3) is 6.07. The number of H-pyrrole nitrogens is 1. The fourth-order valence-electron chi connectivity index (χ4n) is 3.91. The van der Waals surface area contributed by atoms with Gasteiger partial charge < -0.3 is 35.7 Å². The number of hydrogen-bond donors (Lipinski definition) is 5. The lowest BCUT2D eigenvalue weighted by molar-refractivity contribution is 0.0963. The van der Waals surface area contributed by atoms with Crippen molar-refractivity contribution >= 4 is 45.9 Å². The Kier molecular flexibility index (Phi) is 8.04. The lowest BCUT2D eigenvalue weighted by Crippen LogP contribution is -2.26. The number of fused-ring (bicyclic) bond motifs is 1. The van der Waals surface area contributed by atoms with Crippen LogP contribution < -0.4 is 25.6 Å². The van der Waals surface area contributed by atoms with Gasteiger partial charge in [-0.1, -0.05) is 6.07 Å². The average Bonchev–Trinajstić information content (AvgIpc) is 3.38. The monoisotopic (exact) mass is 504 g/mol. The van der Waals surface area contributed by atoms with Crippen LogP contribution in [-0.4, -0.2) is 64.3 Å². The predicted octanol–water partition coefficient (Wildman–Crippen LogP) is 3.81. The summed E-state index contributed by atoms with van der Waals surface area (Å²) < 4.78 is 5.66. The Bertz CT molecular complexity index is 1370. The van der Waals surface area contributed by atoms with Crippen molar-refractivity contribution in [3.8, 4) is 5.75 Å².